The lowest BCUT2D eigenvalue weighted by Crippen LogP contribution is -2.27. The van der Waals surface area contributed by atoms with E-state index in [2.05, 4.69) is 60.2 Å². The van der Waals surface area contributed by atoms with Crippen molar-refractivity contribution in [1.82, 2.24) is 5.32 Å². The molecule has 118 valence electrons. The largest absolute Gasteiger partial charge is 0.489 e. The fraction of sp³-hybridized carbons (Fsp3) is 0.667. The Morgan fingerprint density at radius 1 is 1.33 bits per heavy atom. The quantitative estimate of drug-likeness (QED) is 0.749. The number of ether oxygens (including phenoxy) is 1. The van der Waals surface area contributed by atoms with Gasteiger partial charge in [0.15, 0.2) is 0 Å². The van der Waals surface area contributed by atoms with Crippen molar-refractivity contribution in [2.75, 3.05) is 0 Å². The minimum Gasteiger partial charge on any atom is -0.489 e. The van der Waals surface area contributed by atoms with Crippen molar-refractivity contribution >= 4 is 15.9 Å². The molecule has 1 saturated carbocycles. The Balaban J connectivity index is 2.07. The van der Waals surface area contributed by atoms with Crippen molar-refractivity contribution in [2.24, 2.45) is 5.92 Å². The fourth-order valence-electron chi connectivity index (χ4n) is 3.02. The van der Waals surface area contributed by atoms with Crippen LogP contribution in [0.15, 0.2) is 22.7 Å². The maximum absolute atomic E-state index is 6.39. The first-order valence-corrected chi connectivity index (χ1v) is 9.06. The van der Waals surface area contributed by atoms with Crippen LogP contribution in [-0.2, 0) is 6.54 Å². The second-order valence-corrected chi connectivity index (χ2v) is 7.30. The lowest BCUT2D eigenvalue weighted by Gasteiger charge is -2.30. The van der Waals surface area contributed by atoms with Gasteiger partial charge in [0.2, 0.25) is 0 Å². The molecule has 0 aromatic heterocycles. The molecule has 0 amide bonds. The highest BCUT2D eigenvalue weighted by Gasteiger charge is 2.23. The molecule has 2 unspecified atom stereocenters. The smallest absolute Gasteiger partial charge is 0.138 e. The van der Waals surface area contributed by atoms with Gasteiger partial charge in [0.25, 0.3) is 0 Å². The van der Waals surface area contributed by atoms with Gasteiger partial charge in [0, 0.05) is 18.2 Å². The first-order valence-electron chi connectivity index (χ1n) is 8.27. The molecule has 2 atom stereocenters. The molecule has 1 aliphatic rings. The van der Waals surface area contributed by atoms with Gasteiger partial charge in [-0.3, -0.25) is 0 Å². The zero-order valence-corrected chi connectivity index (χ0v) is 15.1. The molecule has 1 fully saturated rings. The van der Waals surface area contributed by atoms with Crippen LogP contribution in [0.25, 0.3) is 0 Å². The van der Waals surface area contributed by atoms with Crippen molar-refractivity contribution in [1.29, 1.82) is 0 Å². The van der Waals surface area contributed by atoms with Gasteiger partial charge in [-0.25, -0.2) is 0 Å². The van der Waals surface area contributed by atoms with Crippen molar-refractivity contribution < 1.29 is 4.74 Å². The second-order valence-electron chi connectivity index (χ2n) is 6.44. The molecule has 2 nitrogen and oxygen atoms in total. The summed E-state index contributed by atoms with van der Waals surface area (Å²) < 4.78 is 7.47. The number of nitrogens with one attached hydrogen (secondary N) is 1. The van der Waals surface area contributed by atoms with E-state index < -0.39 is 0 Å². The van der Waals surface area contributed by atoms with E-state index in [9.17, 15) is 0 Å². The Morgan fingerprint density at radius 2 is 2.14 bits per heavy atom. The van der Waals surface area contributed by atoms with Gasteiger partial charge in [0.1, 0.15) is 5.75 Å². The van der Waals surface area contributed by atoms with Gasteiger partial charge in [-0.2, -0.15) is 0 Å². The van der Waals surface area contributed by atoms with Crippen LogP contribution >= 0.6 is 15.9 Å². The summed E-state index contributed by atoms with van der Waals surface area (Å²) in [6.07, 6.45) is 6.71. The number of para-hydroxylation sites is 1. The number of benzene rings is 1. The zero-order valence-electron chi connectivity index (χ0n) is 13.5. The molecule has 0 bridgehead atoms. The van der Waals surface area contributed by atoms with Crippen molar-refractivity contribution in [3.63, 3.8) is 0 Å². The van der Waals surface area contributed by atoms with Crippen LogP contribution in [0.1, 0.15) is 58.4 Å². The summed E-state index contributed by atoms with van der Waals surface area (Å²) in [5.74, 6) is 1.87. The number of hydrogen-bond acceptors (Lipinski definition) is 2. The number of rotatable bonds is 6. The molecular weight excluding hydrogens is 326 g/mol. The van der Waals surface area contributed by atoms with Gasteiger partial charge in [-0.15, -0.1) is 0 Å². The zero-order chi connectivity index (χ0) is 15.2. The molecule has 1 aromatic rings. The molecule has 3 heteroatoms. The lowest BCUT2D eigenvalue weighted by atomic mass is 9.85. The van der Waals surface area contributed by atoms with E-state index in [1.54, 1.807) is 0 Å². The predicted octanol–water partition coefficient (Wildman–Crippen LogP) is 5.29. The maximum atomic E-state index is 6.39. The molecule has 0 radical (unpaired) electrons. The topological polar surface area (TPSA) is 21.3 Å². The minimum absolute atomic E-state index is 0.375. The van der Waals surface area contributed by atoms with Crippen molar-refractivity contribution in [3.05, 3.63) is 28.2 Å². The van der Waals surface area contributed by atoms with E-state index >= 15 is 0 Å². The monoisotopic (exact) mass is 353 g/mol. The van der Waals surface area contributed by atoms with E-state index in [-0.39, 0.29) is 0 Å². The van der Waals surface area contributed by atoms with Crippen LogP contribution in [-0.4, -0.2) is 12.1 Å². The van der Waals surface area contributed by atoms with Gasteiger partial charge in [0.05, 0.1) is 10.6 Å². The number of hydrogen-bond donors (Lipinski definition) is 1. The Morgan fingerprint density at radius 3 is 2.86 bits per heavy atom. The maximum Gasteiger partial charge on any atom is 0.138 e. The van der Waals surface area contributed by atoms with Gasteiger partial charge in [-0.05, 0) is 47.2 Å². The van der Waals surface area contributed by atoms with Gasteiger partial charge >= 0.3 is 0 Å². The summed E-state index contributed by atoms with van der Waals surface area (Å²) in [7, 11) is 0. The lowest BCUT2D eigenvalue weighted by molar-refractivity contribution is 0.120. The first-order chi connectivity index (χ1) is 10.1. The summed E-state index contributed by atoms with van der Waals surface area (Å²) in [6, 6.07) is 6.81. The van der Waals surface area contributed by atoms with E-state index in [0.29, 0.717) is 12.1 Å². The van der Waals surface area contributed by atoms with Crippen LogP contribution in [0.5, 0.6) is 5.75 Å². The summed E-state index contributed by atoms with van der Waals surface area (Å²) in [5, 5.41) is 3.49. The van der Waals surface area contributed by atoms with Crippen LogP contribution in [0, 0.1) is 5.92 Å². The highest BCUT2D eigenvalue weighted by Crippen LogP contribution is 2.34. The highest BCUT2D eigenvalue weighted by atomic mass is 79.9. The molecule has 0 saturated heterocycles. The summed E-state index contributed by atoms with van der Waals surface area (Å²) in [5.41, 5.74) is 1.25. The van der Waals surface area contributed by atoms with E-state index in [1.807, 2.05) is 0 Å². The van der Waals surface area contributed by atoms with E-state index in [4.69, 9.17) is 4.74 Å². The third kappa shape index (κ3) is 5.00. The van der Waals surface area contributed by atoms with Crippen LogP contribution < -0.4 is 10.1 Å². The third-order valence-corrected chi connectivity index (χ3v) is 4.97. The SMILES string of the molecule is CCC1CCCC(Oc2c(Br)cccc2CNC(C)C)C1. The molecule has 1 aliphatic carbocycles. The summed E-state index contributed by atoms with van der Waals surface area (Å²) >= 11 is 3.66. The molecular formula is C18H28BrNO. The summed E-state index contributed by atoms with van der Waals surface area (Å²) in [6.45, 7) is 7.50. The Bertz CT molecular complexity index is 447. The van der Waals surface area contributed by atoms with Crippen LogP contribution in [0.4, 0.5) is 0 Å². The molecule has 0 heterocycles. The van der Waals surface area contributed by atoms with Crippen molar-refractivity contribution in [2.45, 2.75) is 71.6 Å². The standard InChI is InChI=1S/C18H28BrNO/c1-4-14-7-5-9-16(11-14)21-18-15(12-20-13(2)3)8-6-10-17(18)19/h6,8,10,13-14,16,20H,4-5,7,9,11-12H2,1-3H3. The van der Waals surface area contributed by atoms with E-state index in [0.717, 1.165) is 22.7 Å². The Hall–Kier alpha value is -0.540. The van der Waals surface area contributed by atoms with Gasteiger partial charge < -0.3 is 10.1 Å². The predicted molar refractivity (Wildman–Crippen MR) is 92.8 cm³/mol. The average molecular weight is 354 g/mol. The van der Waals surface area contributed by atoms with Crippen LogP contribution in [0.2, 0.25) is 0 Å². The Labute approximate surface area is 137 Å². The molecule has 1 aromatic carbocycles. The highest BCUT2D eigenvalue weighted by molar-refractivity contribution is 9.10. The molecule has 2 rings (SSSR count). The summed E-state index contributed by atoms with van der Waals surface area (Å²) in [4.78, 5) is 0. The molecule has 0 aliphatic heterocycles. The van der Waals surface area contributed by atoms with Gasteiger partial charge in [-0.1, -0.05) is 45.7 Å². The fourth-order valence-corrected chi connectivity index (χ4v) is 3.53. The van der Waals surface area contributed by atoms with Crippen LogP contribution in [0.3, 0.4) is 0 Å². The van der Waals surface area contributed by atoms with E-state index in [1.165, 1.54) is 37.7 Å². The third-order valence-electron chi connectivity index (χ3n) is 4.35. The minimum atomic E-state index is 0.375. The Kier molecular flexibility index (Phi) is 6.56. The second kappa shape index (κ2) is 8.19. The molecule has 21 heavy (non-hydrogen) atoms. The normalized spacial score (nSPS) is 22.5. The molecule has 1 N–H and O–H groups in total. The number of halogens is 1. The average Bonchev–Trinajstić information content (AvgIpc) is 2.48. The van der Waals surface area contributed by atoms with Crippen molar-refractivity contribution in [3.8, 4) is 5.75 Å². The first kappa shape index (κ1) is 16.8. The molecule has 0 spiro atoms.